The van der Waals surface area contributed by atoms with E-state index in [0.29, 0.717) is 35.2 Å². The predicted octanol–water partition coefficient (Wildman–Crippen LogP) is 3.18. The highest BCUT2D eigenvalue weighted by Gasteiger charge is 2.58. The number of aromatic nitrogens is 2. The molecule has 2 unspecified atom stereocenters. The van der Waals surface area contributed by atoms with Crippen molar-refractivity contribution in [1.29, 1.82) is 0 Å². The molecule has 6 rings (SSSR count). The summed E-state index contributed by atoms with van der Waals surface area (Å²) >= 11 is 0. The predicted molar refractivity (Wildman–Crippen MR) is 108 cm³/mol. The van der Waals surface area contributed by atoms with Crippen LogP contribution in [-0.4, -0.2) is 32.9 Å². The fourth-order valence-corrected chi connectivity index (χ4v) is 6.38. The van der Waals surface area contributed by atoms with Crippen molar-refractivity contribution in [3.8, 4) is 0 Å². The zero-order valence-corrected chi connectivity index (χ0v) is 17.0. The normalized spacial score (nSPS) is 31.4. The van der Waals surface area contributed by atoms with Crippen molar-refractivity contribution >= 4 is 11.8 Å². The lowest BCUT2D eigenvalue weighted by Gasteiger charge is -2.62. The number of amides is 2. The summed E-state index contributed by atoms with van der Waals surface area (Å²) in [5.41, 5.74) is 0.648. The van der Waals surface area contributed by atoms with Gasteiger partial charge in [0, 0.05) is 22.8 Å². The lowest BCUT2D eigenvalue weighted by Crippen LogP contribution is -2.69. The maximum Gasteiger partial charge on any atom is 0.271 e. The molecule has 156 valence electrons. The molecule has 7 heteroatoms. The molecule has 0 saturated heterocycles. The van der Waals surface area contributed by atoms with Crippen LogP contribution in [0.4, 0.5) is 4.39 Å². The van der Waals surface area contributed by atoms with Gasteiger partial charge < -0.3 is 10.6 Å². The third-order valence-corrected chi connectivity index (χ3v) is 6.89. The Morgan fingerprint density at radius 2 is 1.70 bits per heavy atom. The number of rotatable bonds is 4. The smallest absolute Gasteiger partial charge is 0.271 e. The van der Waals surface area contributed by atoms with Crippen LogP contribution in [-0.2, 0) is 0 Å². The van der Waals surface area contributed by atoms with Gasteiger partial charge in [-0.05, 0) is 75.5 Å². The van der Waals surface area contributed by atoms with Gasteiger partial charge in [0.1, 0.15) is 11.5 Å². The van der Waals surface area contributed by atoms with Gasteiger partial charge in [0.15, 0.2) is 0 Å². The van der Waals surface area contributed by atoms with Crippen molar-refractivity contribution in [3.05, 3.63) is 59.4 Å². The number of hydrogen-bond acceptors (Lipinski definition) is 4. The Morgan fingerprint density at radius 3 is 2.33 bits per heavy atom. The summed E-state index contributed by atoms with van der Waals surface area (Å²) in [5.74, 6) is 0.0456. The zero-order valence-electron chi connectivity index (χ0n) is 17.0. The molecule has 1 aromatic heterocycles. The molecule has 0 aliphatic heterocycles. The maximum absolute atomic E-state index is 13.6. The van der Waals surface area contributed by atoms with E-state index in [-0.39, 0.29) is 22.9 Å². The van der Waals surface area contributed by atoms with Crippen molar-refractivity contribution in [3.63, 3.8) is 0 Å². The number of nitrogens with zero attached hydrogens (tertiary/aromatic N) is 2. The number of carbonyl (C=O) groups excluding carboxylic acids is 2. The zero-order chi connectivity index (χ0) is 20.9. The van der Waals surface area contributed by atoms with E-state index in [1.807, 2.05) is 6.92 Å². The van der Waals surface area contributed by atoms with E-state index in [1.165, 1.54) is 18.3 Å². The lowest BCUT2D eigenvalue weighted by molar-refractivity contribution is -0.0448. The summed E-state index contributed by atoms with van der Waals surface area (Å²) in [6.45, 7) is 1.81. The van der Waals surface area contributed by atoms with Gasteiger partial charge in [-0.2, -0.15) is 0 Å². The van der Waals surface area contributed by atoms with Crippen molar-refractivity contribution in [2.45, 2.75) is 56.5 Å². The van der Waals surface area contributed by atoms with Crippen molar-refractivity contribution in [2.75, 3.05) is 0 Å². The number of carbonyl (C=O) groups is 2. The molecule has 4 aliphatic rings. The highest BCUT2D eigenvalue weighted by Crippen LogP contribution is 2.57. The van der Waals surface area contributed by atoms with Crippen LogP contribution >= 0.6 is 0 Å². The van der Waals surface area contributed by atoms with E-state index >= 15 is 0 Å². The van der Waals surface area contributed by atoms with Crippen LogP contribution in [0, 0.1) is 24.6 Å². The molecule has 0 spiro atoms. The van der Waals surface area contributed by atoms with Crippen molar-refractivity contribution in [2.24, 2.45) is 11.8 Å². The Bertz CT molecular complexity index is 932. The Morgan fingerprint density at radius 1 is 1.03 bits per heavy atom. The summed E-state index contributed by atoms with van der Waals surface area (Å²) in [6.07, 6.45) is 8.61. The first-order valence-electron chi connectivity index (χ1n) is 10.5. The molecular formula is C23H25FN4O2. The number of nitrogens with one attached hydrogen (secondary N) is 2. The first kappa shape index (κ1) is 19.2. The van der Waals surface area contributed by atoms with Crippen LogP contribution in [0.2, 0.25) is 0 Å². The van der Waals surface area contributed by atoms with Crippen LogP contribution in [0.1, 0.15) is 65.1 Å². The number of halogens is 1. The Kier molecular flexibility index (Phi) is 4.38. The molecule has 2 N–H and O–H groups in total. The lowest BCUT2D eigenvalue weighted by atomic mass is 9.49. The monoisotopic (exact) mass is 408 g/mol. The van der Waals surface area contributed by atoms with E-state index < -0.39 is 5.82 Å². The molecular weight excluding hydrogens is 383 g/mol. The fraction of sp³-hybridized carbons (Fsp3) is 0.478. The summed E-state index contributed by atoms with van der Waals surface area (Å²) in [4.78, 5) is 34.2. The quantitative estimate of drug-likeness (QED) is 0.814. The third kappa shape index (κ3) is 3.46. The number of hydrogen-bond donors (Lipinski definition) is 2. The maximum atomic E-state index is 13.6. The Hall–Kier alpha value is -2.83. The van der Waals surface area contributed by atoms with Gasteiger partial charge >= 0.3 is 0 Å². The minimum atomic E-state index is -0.420. The average molecular weight is 408 g/mol. The Balaban J connectivity index is 1.38. The SMILES string of the molecule is Cc1cncc(C(=O)NC23CC4CC(CC(NC(=O)c5cccc(F)c5)(C4)C2)C3)n1. The summed E-state index contributed by atoms with van der Waals surface area (Å²) < 4.78 is 13.6. The third-order valence-electron chi connectivity index (χ3n) is 6.89. The van der Waals surface area contributed by atoms with Crippen LogP contribution in [0.3, 0.4) is 0 Å². The highest BCUT2D eigenvalue weighted by atomic mass is 19.1. The molecule has 1 aromatic carbocycles. The molecule has 2 amide bonds. The van der Waals surface area contributed by atoms with Gasteiger partial charge in [-0.1, -0.05) is 6.07 Å². The van der Waals surface area contributed by atoms with Crippen LogP contribution < -0.4 is 10.6 Å². The van der Waals surface area contributed by atoms with E-state index in [0.717, 1.165) is 32.1 Å². The molecule has 4 saturated carbocycles. The molecule has 6 nitrogen and oxygen atoms in total. The molecule has 4 fully saturated rings. The largest absolute Gasteiger partial charge is 0.346 e. The van der Waals surface area contributed by atoms with Gasteiger partial charge in [0.25, 0.3) is 11.8 Å². The van der Waals surface area contributed by atoms with Crippen molar-refractivity contribution in [1.82, 2.24) is 20.6 Å². The number of aryl methyl sites for hydroxylation is 1. The minimum Gasteiger partial charge on any atom is -0.346 e. The molecule has 30 heavy (non-hydrogen) atoms. The second-order valence-corrected chi connectivity index (χ2v) is 9.49. The second-order valence-electron chi connectivity index (χ2n) is 9.49. The van der Waals surface area contributed by atoms with Gasteiger partial charge in [0.05, 0.1) is 11.9 Å². The second kappa shape index (κ2) is 6.86. The average Bonchev–Trinajstić information content (AvgIpc) is 2.66. The van der Waals surface area contributed by atoms with E-state index in [2.05, 4.69) is 20.6 Å². The van der Waals surface area contributed by atoms with Crippen LogP contribution in [0.15, 0.2) is 36.7 Å². The highest BCUT2D eigenvalue weighted by molar-refractivity contribution is 5.95. The minimum absolute atomic E-state index is 0.209. The summed E-state index contributed by atoms with van der Waals surface area (Å²) in [7, 11) is 0. The topological polar surface area (TPSA) is 84.0 Å². The first-order valence-corrected chi connectivity index (χ1v) is 10.5. The molecule has 2 aromatic rings. The van der Waals surface area contributed by atoms with Gasteiger partial charge in [-0.25, -0.2) is 9.37 Å². The Labute approximate surface area is 174 Å². The van der Waals surface area contributed by atoms with Crippen LogP contribution in [0.5, 0.6) is 0 Å². The van der Waals surface area contributed by atoms with Gasteiger partial charge in [0.2, 0.25) is 0 Å². The van der Waals surface area contributed by atoms with Crippen molar-refractivity contribution < 1.29 is 14.0 Å². The summed E-state index contributed by atoms with van der Waals surface area (Å²) in [6, 6.07) is 5.78. The molecule has 4 bridgehead atoms. The molecule has 0 radical (unpaired) electrons. The first-order chi connectivity index (χ1) is 14.3. The van der Waals surface area contributed by atoms with Gasteiger partial charge in [-0.3, -0.25) is 14.6 Å². The van der Waals surface area contributed by atoms with Gasteiger partial charge in [-0.15, -0.1) is 0 Å². The number of benzene rings is 1. The summed E-state index contributed by atoms with van der Waals surface area (Å²) in [5, 5.41) is 6.49. The van der Waals surface area contributed by atoms with Crippen LogP contribution in [0.25, 0.3) is 0 Å². The molecule has 1 heterocycles. The standard InChI is InChI=1S/C23H25FN4O2/c1-14-11-25-12-19(26-14)21(30)28-23-9-15-5-16(10-23)8-22(7-15,13-23)27-20(29)17-3-2-4-18(24)6-17/h2-4,6,11-12,15-16H,5,7-10,13H2,1H3,(H,27,29)(H,28,30). The fourth-order valence-electron chi connectivity index (χ4n) is 6.38. The van der Waals surface area contributed by atoms with E-state index in [1.54, 1.807) is 18.3 Å². The van der Waals surface area contributed by atoms with E-state index in [4.69, 9.17) is 0 Å². The molecule has 2 atom stereocenters. The van der Waals surface area contributed by atoms with E-state index in [9.17, 15) is 14.0 Å². The molecule has 4 aliphatic carbocycles.